The van der Waals surface area contributed by atoms with Crippen molar-refractivity contribution in [2.45, 2.75) is 12.3 Å². The summed E-state index contributed by atoms with van der Waals surface area (Å²) in [6.45, 7) is 4.39. The zero-order chi connectivity index (χ0) is 20.8. The van der Waals surface area contributed by atoms with Gasteiger partial charge in [0.15, 0.2) is 4.77 Å². The maximum absolute atomic E-state index is 13.6. The van der Waals surface area contributed by atoms with Crippen molar-refractivity contribution < 1.29 is 9.18 Å². The van der Waals surface area contributed by atoms with Gasteiger partial charge in [-0.2, -0.15) is 11.8 Å². The summed E-state index contributed by atoms with van der Waals surface area (Å²) in [4.78, 5) is 27.9. The van der Waals surface area contributed by atoms with E-state index >= 15 is 0 Å². The van der Waals surface area contributed by atoms with E-state index in [1.165, 1.54) is 10.6 Å². The fourth-order valence-corrected chi connectivity index (χ4v) is 3.94. The molecule has 8 heteroatoms. The van der Waals surface area contributed by atoms with Crippen molar-refractivity contribution in [1.82, 2.24) is 14.9 Å². The van der Waals surface area contributed by atoms with E-state index in [1.54, 1.807) is 54.2 Å². The number of nitrogens with one attached hydrogen (secondary N) is 2. The van der Waals surface area contributed by atoms with Gasteiger partial charge in [-0.3, -0.25) is 14.2 Å². The van der Waals surface area contributed by atoms with E-state index in [1.807, 2.05) is 0 Å². The summed E-state index contributed by atoms with van der Waals surface area (Å²) < 4.78 is 15.3. The van der Waals surface area contributed by atoms with Gasteiger partial charge in [0.2, 0.25) is 0 Å². The van der Waals surface area contributed by atoms with Crippen LogP contribution in [0.25, 0.3) is 10.9 Å². The molecule has 150 valence electrons. The van der Waals surface area contributed by atoms with Gasteiger partial charge in [0.25, 0.3) is 11.5 Å². The van der Waals surface area contributed by atoms with Gasteiger partial charge in [-0.25, -0.2) is 4.39 Å². The number of carbonyl (C=O) groups excluding carboxylic acids is 1. The quantitative estimate of drug-likeness (QED) is 0.322. The Morgan fingerprint density at radius 2 is 2.10 bits per heavy atom. The second kappa shape index (κ2) is 9.67. The van der Waals surface area contributed by atoms with E-state index in [2.05, 4.69) is 16.9 Å². The Balaban J connectivity index is 1.61. The largest absolute Gasteiger partial charge is 0.351 e. The maximum Gasteiger partial charge on any atom is 0.262 e. The van der Waals surface area contributed by atoms with Crippen molar-refractivity contribution in [3.8, 4) is 0 Å². The zero-order valence-electron chi connectivity index (χ0n) is 15.6. The van der Waals surface area contributed by atoms with Gasteiger partial charge < -0.3 is 10.3 Å². The van der Waals surface area contributed by atoms with Crippen LogP contribution in [0.3, 0.4) is 0 Å². The Morgan fingerprint density at radius 3 is 2.86 bits per heavy atom. The van der Waals surface area contributed by atoms with Crippen LogP contribution < -0.4 is 10.9 Å². The third kappa shape index (κ3) is 5.02. The average Bonchev–Trinajstić information content (AvgIpc) is 2.71. The number of aromatic amines is 1. The molecule has 0 saturated heterocycles. The number of thioether (sulfide) groups is 1. The first-order valence-corrected chi connectivity index (χ1v) is 10.5. The predicted molar refractivity (Wildman–Crippen MR) is 118 cm³/mol. The van der Waals surface area contributed by atoms with Crippen LogP contribution in [-0.4, -0.2) is 27.8 Å². The van der Waals surface area contributed by atoms with E-state index in [4.69, 9.17) is 12.2 Å². The highest BCUT2D eigenvalue weighted by molar-refractivity contribution is 7.98. The van der Waals surface area contributed by atoms with Crippen LogP contribution >= 0.6 is 24.0 Å². The molecule has 0 saturated carbocycles. The molecule has 2 N–H and O–H groups in total. The Morgan fingerprint density at radius 1 is 1.31 bits per heavy atom. The van der Waals surface area contributed by atoms with Crippen LogP contribution in [0.4, 0.5) is 4.39 Å². The number of amides is 1. The van der Waals surface area contributed by atoms with Gasteiger partial charge in [-0.1, -0.05) is 24.3 Å². The Kier molecular flexibility index (Phi) is 7.00. The number of allylic oxidation sites excluding steroid dienone is 1. The summed E-state index contributed by atoms with van der Waals surface area (Å²) in [5.74, 6) is 0.742. The lowest BCUT2D eigenvalue weighted by molar-refractivity contribution is 0.0956. The lowest BCUT2D eigenvalue weighted by Crippen LogP contribution is -2.26. The van der Waals surface area contributed by atoms with E-state index in [0.29, 0.717) is 46.6 Å². The number of H-pyrrole nitrogens is 1. The van der Waals surface area contributed by atoms with Crippen LogP contribution in [0.5, 0.6) is 0 Å². The molecule has 0 aliphatic rings. The first-order chi connectivity index (χ1) is 14.0. The number of hydrogen-bond acceptors (Lipinski definition) is 4. The van der Waals surface area contributed by atoms with Crippen molar-refractivity contribution in [3.05, 3.63) is 87.2 Å². The number of nitrogens with zero attached hydrogens (tertiary/aromatic N) is 1. The third-order valence-electron chi connectivity index (χ3n) is 4.30. The maximum atomic E-state index is 13.6. The fraction of sp³-hybridized carbons (Fsp3) is 0.190. The molecular weight excluding hydrogens is 409 g/mol. The molecule has 0 aliphatic heterocycles. The van der Waals surface area contributed by atoms with Crippen molar-refractivity contribution in [2.75, 3.05) is 12.3 Å². The summed E-state index contributed by atoms with van der Waals surface area (Å²) in [5.41, 5.74) is 1.38. The van der Waals surface area contributed by atoms with Gasteiger partial charge in [0.05, 0.1) is 10.9 Å². The van der Waals surface area contributed by atoms with Crippen molar-refractivity contribution >= 4 is 40.8 Å². The molecule has 0 fully saturated rings. The number of carbonyl (C=O) groups is 1. The lowest BCUT2D eigenvalue weighted by Gasteiger charge is -2.08. The van der Waals surface area contributed by atoms with Crippen molar-refractivity contribution in [2.24, 2.45) is 0 Å². The minimum atomic E-state index is -0.243. The molecule has 0 spiro atoms. The Labute approximate surface area is 176 Å². The third-order valence-corrected chi connectivity index (χ3v) is 5.63. The summed E-state index contributed by atoms with van der Waals surface area (Å²) in [7, 11) is 0. The van der Waals surface area contributed by atoms with Gasteiger partial charge in [-0.05, 0) is 42.0 Å². The summed E-state index contributed by atoms with van der Waals surface area (Å²) >= 11 is 6.76. The topological polar surface area (TPSA) is 66.9 Å². The van der Waals surface area contributed by atoms with Gasteiger partial charge in [0.1, 0.15) is 5.82 Å². The van der Waals surface area contributed by atoms with Crippen LogP contribution in [0.1, 0.15) is 15.9 Å². The van der Waals surface area contributed by atoms with Crippen LogP contribution in [0.15, 0.2) is 59.9 Å². The Bertz CT molecular complexity index is 1170. The molecule has 2 aromatic carbocycles. The molecular formula is C21H20FN3O2S2. The smallest absolute Gasteiger partial charge is 0.262 e. The van der Waals surface area contributed by atoms with E-state index < -0.39 is 0 Å². The van der Waals surface area contributed by atoms with Gasteiger partial charge >= 0.3 is 0 Å². The van der Waals surface area contributed by atoms with Gasteiger partial charge in [0, 0.05) is 30.2 Å². The molecule has 0 radical (unpaired) electrons. The van der Waals surface area contributed by atoms with E-state index in [-0.39, 0.29) is 22.1 Å². The standard InChI is InChI=1S/C21H20FN3O2S2/c1-2-10-25-20(27)16-8-7-14(12-18(16)24-21(25)28)19(26)23-9-11-29-13-15-5-3-4-6-17(15)22/h2-8,12H,1,9-11,13H2,(H,23,26)(H,24,28). The molecule has 29 heavy (non-hydrogen) atoms. The van der Waals surface area contributed by atoms with Crippen LogP contribution in [-0.2, 0) is 12.3 Å². The zero-order valence-corrected chi connectivity index (χ0v) is 17.2. The monoisotopic (exact) mass is 429 g/mol. The van der Waals surface area contributed by atoms with Gasteiger partial charge in [-0.15, -0.1) is 6.58 Å². The number of halogens is 1. The summed E-state index contributed by atoms with van der Waals surface area (Å²) in [5, 5.41) is 3.29. The second-order valence-electron chi connectivity index (χ2n) is 6.29. The molecule has 1 amide bonds. The molecule has 0 unspecified atom stereocenters. The van der Waals surface area contributed by atoms with E-state index in [0.717, 1.165) is 0 Å². The number of hydrogen-bond donors (Lipinski definition) is 2. The van der Waals surface area contributed by atoms with Crippen molar-refractivity contribution in [1.29, 1.82) is 0 Å². The molecule has 3 rings (SSSR count). The predicted octanol–water partition coefficient (Wildman–Crippen LogP) is 4.05. The van der Waals surface area contributed by atoms with Crippen LogP contribution in [0, 0.1) is 10.6 Å². The highest BCUT2D eigenvalue weighted by Crippen LogP contribution is 2.15. The average molecular weight is 430 g/mol. The van der Waals surface area contributed by atoms with E-state index in [9.17, 15) is 14.0 Å². The molecule has 0 bridgehead atoms. The fourth-order valence-electron chi connectivity index (χ4n) is 2.83. The Hall–Kier alpha value is -2.71. The van der Waals surface area contributed by atoms with Crippen LogP contribution in [0.2, 0.25) is 0 Å². The minimum Gasteiger partial charge on any atom is -0.351 e. The second-order valence-corrected chi connectivity index (χ2v) is 7.79. The number of aromatic nitrogens is 2. The summed E-state index contributed by atoms with van der Waals surface area (Å²) in [6, 6.07) is 11.5. The molecule has 5 nitrogen and oxygen atoms in total. The number of fused-ring (bicyclic) bond motifs is 1. The first kappa shape index (κ1) is 21.0. The lowest BCUT2D eigenvalue weighted by atomic mass is 10.1. The number of rotatable bonds is 8. The highest BCUT2D eigenvalue weighted by Gasteiger charge is 2.10. The molecule has 3 aromatic rings. The molecule has 1 aromatic heterocycles. The first-order valence-electron chi connectivity index (χ1n) is 8.98. The minimum absolute atomic E-state index is 0.218. The summed E-state index contributed by atoms with van der Waals surface area (Å²) in [6.07, 6.45) is 1.60. The SMILES string of the molecule is C=CCn1c(=S)[nH]c2cc(C(=O)NCCSCc3ccccc3F)ccc2c1=O. The van der Waals surface area contributed by atoms with Crippen molar-refractivity contribution in [3.63, 3.8) is 0 Å². The molecule has 0 aliphatic carbocycles. The molecule has 0 atom stereocenters. The number of benzene rings is 2. The normalized spacial score (nSPS) is 10.8. The highest BCUT2D eigenvalue weighted by atomic mass is 32.2. The molecule has 1 heterocycles.